The summed E-state index contributed by atoms with van der Waals surface area (Å²) in [5.74, 6) is -0.523. The van der Waals surface area contributed by atoms with Gasteiger partial charge in [-0.05, 0) is 58.6 Å². The molecule has 0 bridgehead atoms. The van der Waals surface area contributed by atoms with Crippen LogP contribution in [0.3, 0.4) is 0 Å². The zero-order valence-corrected chi connectivity index (χ0v) is 17.3. The van der Waals surface area contributed by atoms with Gasteiger partial charge >= 0.3 is 0 Å². The number of hydrogen-bond donors (Lipinski definition) is 0. The Morgan fingerprint density at radius 3 is 2.64 bits per heavy atom. The Hall–Kier alpha value is -2.06. The van der Waals surface area contributed by atoms with Crippen LogP contribution >= 0.6 is 0 Å². The van der Waals surface area contributed by atoms with Crippen LogP contribution in [0.2, 0.25) is 0 Å². The molecule has 8 heteroatoms. The minimum Gasteiger partial charge on any atom is -0.335 e. The Bertz CT molecular complexity index is 986. The van der Waals surface area contributed by atoms with Crippen molar-refractivity contribution >= 4 is 26.6 Å². The largest absolute Gasteiger partial charge is 0.335 e. The number of rotatable bonds is 6. The molecule has 0 saturated carbocycles. The molecule has 1 atom stereocenters. The third kappa shape index (κ3) is 4.67. The lowest BCUT2D eigenvalue weighted by Gasteiger charge is -2.29. The first-order valence-corrected chi connectivity index (χ1v) is 11.2. The van der Waals surface area contributed by atoms with Gasteiger partial charge in [0.1, 0.15) is 5.82 Å². The van der Waals surface area contributed by atoms with Crippen LogP contribution in [-0.2, 0) is 9.84 Å². The summed E-state index contributed by atoms with van der Waals surface area (Å²) < 4.78 is 37.6. The number of hydrogen-bond acceptors (Lipinski definition) is 5. The van der Waals surface area contributed by atoms with E-state index in [1.807, 2.05) is 19.0 Å². The fourth-order valence-electron chi connectivity index (χ4n) is 3.69. The molecule has 2 heterocycles. The van der Waals surface area contributed by atoms with Gasteiger partial charge in [0.2, 0.25) is 0 Å². The van der Waals surface area contributed by atoms with Gasteiger partial charge in [0.15, 0.2) is 9.84 Å². The van der Waals surface area contributed by atoms with E-state index in [0.29, 0.717) is 35.1 Å². The molecule has 1 aliphatic rings. The van der Waals surface area contributed by atoms with Crippen molar-refractivity contribution in [2.24, 2.45) is 0 Å². The second-order valence-corrected chi connectivity index (χ2v) is 9.91. The van der Waals surface area contributed by atoms with Crippen molar-refractivity contribution in [3.05, 3.63) is 41.3 Å². The summed E-state index contributed by atoms with van der Waals surface area (Å²) in [5.41, 5.74) is 1.49. The minimum absolute atomic E-state index is 0.00265. The van der Waals surface area contributed by atoms with Gasteiger partial charge in [0, 0.05) is 29.7 Å². The molecule has 6 nitrogen and oxygen atoms in total. The first kappa shape index (κ1) is 20.7. The normalized spacial score (nSPS) is 18.7. The molecule has 1 aromatic heterocycles. The molecule has 1 unspecified atom stereocenters. The van der Waals surface area contributed by atoms with Gasteiger partial charge in [-0.2, -0.15) is 0 Å². The Morgan fingerprint density at radius 1 is 1.25 bits per heavy atom. The number of nitrogens with zero attached hydrogens (tertiary/aromatic N) is 3. The van der Waals surface area contributed by atoms with Crippen LogP contribution in [0.4, 0.5) is 4.39 Å². The molecule has 1 saturated heterocycles. The number of aromatic nitrogens is 1. The van der Waals surface area contributed by atoms with Crippen molar-refractivity contribution in [3.8, 4) is 0 Å². The summed E-state index contributed by atoms with van der Waals surface area (Å²) >= 11 is 0. The Kier molecular flexibility index (Phi) is 6.00. The predicted molar refractivity (Wildman–Crippen MR) is 108 cm³/mol. The highest BCUT2D eigenvalue weighted by molar-refractivity contribution is 7.91. The van der Waals surface area contributed by atoms with Crippen molar-refractivity contribution in [1.82, 2.24) is 14.8 Å². The van der Waals surface area contributed by atoms with E-state index in [1.165, 1.54) is 12.1 Å². The number of carbonyl (C=O) groups excluding carboxylic acids is 1. The maximum atomic E-state index is 13.6. The van der Waals surface area contributed by atoms with E-state index >= 15 is 0 Å². The minimum atomic E-state index is -3.12. The summed E-state index contributed by atoms with van der Waals surface area (Å²) in [7, 11) is 0.798. The number of pyridine rings is 1. The first-order chi connectivity index (χ1) is 13.2. The van der Waals surface area contributed by atoms with E-state index in [0.717, 1.165) is 13.0 Å². The van der Waals surface area contributed by atoms with E-state index < -0.39 is 15.7 Å². The average molecular weight is 408 g/mol. The second-order valence-electron chi connectivity index (χ2n) is 7.68. The van der Waals surface area contributed by atoms with Gasteiger partial charge in [-0.1, -0.05) is 0 Å². The number of sulfone groups is 1. The zero-order valence-electron chi connectivity index (χ0n) is 16.5. The number of carbonyl (C=O) groups is 1. The van der Waals surface area contributed by atoms with Crippen LogP contribution in [0, 0.1) is 12.7 Å². The van der Waals surface area contributed by atoms with Gasteiger partial charge < -0.3 is 9.80 Å². The van der Waals surface area contributed by atoms with E-state index in [-0.39, 0.29) is 23.5 Å². The molecular weight excluding hydrogens is 381 g/mol. The Labute approximate surface area is 165 Å². The highest BCUT2D eigenvalue weighted by Crippen LogP contribution is 2.25. The lowest BCUT2D eigenvalue weighted by Crippen LogP contribution is -2.42. The van der Waals surface area contributed by atoms with Gasteiger partial charge in [-0.25, -0.2) is 12.8 Å². The molecule has 1 fully saturated rings. The van der Waals surface area contributed by atoms with Crippen molar-refractivity contribution < 1.29 is 17.6 Å². The molecule has 152 valence electrons. The average Bonchev–Trinajstić information content (AvgIpc) is 2.96. The summed E-state index contributed by atoms with van der Waals surface area (Å²) in [6, 6.07) is 5.56. The van der Waals surface area contributed by atoms with Gasteiger partial charge in [-0.15, -0.1) is 0 Å². The van der Waals surface area contributed by atoms with Crippen molar-refractivity contribution in [3.63, 3.8) is 0 Å². The van der Waals surface area contributed by atoms with E-state index in [1.54, 1.807) is 24.0 Å². The zero-order chi connectivity index (χ0) is 20.5. The third-order valence-electron chi connectivity index (χ3n) is 5.04. The van der Waals surface area contributed by atoms with Crippen LogP contribution in [0.5, 0.6) is 0 Å². The van der Waals surface area contributed by atoms with E-state index in [9.17, 15) is 17.6 Å². The van der Waals surface area contributed by atoms with Crippen LogP contribution < -0.4 is 0 Å². The molecule has 1 aliphatic heterocycles. The Balaban J connectivity index is 1.97. The molecule has 0 aliphatic carbocycles. The van der Waals surface area contributed by atoms with Crippen LogP contribution in [-0.4, -0.2) is 73.8 Å². The molecule has 0 spiro atoms. The molecule has 1 amide bonds. The maximum Gasteiger partial charge on any atom is 0.254 e. The van der Waals surface area contributed by atoms with Gasteiger partial charge in [0.25, 0.3) is 5.91 Å². The smallest absolute Gasteiger partial charge is 0.254 e. The predicted octanol–water partition coefficient (Wildman–Crippen LogP) is 2.26. The quantitative estimate of drug-likeness (QED) is 0.735. The molecular formula is C20H26FN3O3S. The lowest BCUT2D eigenvalue weighted by molar-refractivity contribution is 0.0692. The summed E-state index contributed by atoms with van der Waals surface area (Å²) in [5, 5.41) is 0.579. The van der Waals surface area contributed by atoms with Gasteiger partial charge in [0.05, 0.1) is 22.6 Å². The van der Waals surface area contributed by atoms with Crippen molar-refractivity contribution in [2.75, 3.05) is 38.7 Å². The van der Waals surface area contributed by atoms with E-state index in [4.69, 9.17) is 0 Å². The number of aryl methyl sites for hydroxylation is 1. The standard InChI is InChI=1S/C20H26FN3O3S/c1-14-11-18(17-6-5-15(21)12-19(17)22-14)20(25)24(9-4-8-23(2)3)16-7-10-28(26,27)13-16/h5-6,11-12,16H,4,7-10,13H2,1-3H3. The molecule has 0 radical (unpaired) electrons. The summed E-state index contributed by atoms with van der Waals surface area (Å²) in [6.07, 6.45) is 1.19. The van der Waals surface area contributed by atoms with Crippen LogP contribution in [0.25, 0.3) is 10.9 Å². The second kappa shape index (κ2) is 8.13. The third-order valence-corrected chi connectivity index (χ3v) is 6.80. The Morgan fingerprint density at radius 2 is 2.00 bits per heavy atom. The van der Waals surface area contributed by atoms with Crippen molar-refractivity contribution in [2.45, 2.75) is 25.8 Å². The fourth-order valence-corrected chi connectivity index (χ4v) is 5.42. The fraction of sp³-hybridized carbons (Fsp3) is 0.500. The topological polar surface area (TPSA) is 70.6 Å². The van der Waals surface area contributed by atoms with Crippen molar-refractivity contribution in [1.29, 1.82) is 0 Å². The highest BCUT2D eigenvalue weighted by atomic mass is 32.2. The number of benzene rings is 1. The van der Waals surface area contributed by atoms with Crippen LogP contribution in [0.15, 0.2) is 24.3 Å². The number of amides is 1. The monoisotopic (exact) mass is 407 g/mol. The van der Waals surface area contributed by atoms with E-state index in [2.05, 4.69) is 4.98 Å². The first-order valence-electron chi connectivity index (χ1n) is 9.39. The lowest BCUT2D eigenvalue weighted by atomic mass is 10.0. The molecule has 2 aromatic rings. The molecule has 1 aromatic carbocycles. The maximum absolute atomic E-state index is 13.6. The molecule has 28 heavy (non-hydrogen) atoms. The summed E-state index contributed by atoms with van der Waals surface area (Å²) in [6.45, 7) is 3.03. The molecule has 3 rings (SSSR count). The summed E-state index contributed by atoms with van der Waals surface area (Å²) in [4.78, 5) is 21.5. The number of fused-ring (bicyclic) bond motifs is 1. The van der Waals surface area contributed by atoms with Crippen LogP contribution in [0.1, 0.15) is 28.9 Å². The highest BCUT2D eigenvalue weighted by Gasteiger charge is 2.35. The number of halogens is 1. The SMILES string of the molecule is Cc1cc(C(=O)N(CCCN(C)C)C2CCS(=O)(=O)C2)c2ccc(F)cc2n1. The molecule has 0 N–H and O–H groups in total. The van der Waals surface area contributed by atoms with Gasteiger partial charge in [-0.3, -0.25) is 9.78 Å².